The molecule has 1 aromatic rings. The fraction of sp³-hybridized carbons (Fsp3) is 0.684. The van der Waals surface area contributed by atoms with Crippen molar-refractivity contribution in [1.82, 2.24) is 9.80 Å². The molecule has 4 heteroatoms. The number of ether oxygens (including phenoxy) is 2. The first-order chi connectivity index (χ1) is 11.3. The van der Waals surface area contributed by atoms with E-state index in [1.807, 2.05) is 0 Å². The first-order valence-electron chi connectivity index (χ1n) is 8.89. The van der Waals surface area contributed by atoms with Gasteiger partial charge >= 0.3 is 0 Å². The van der Waals surface area contributed by atoms with Gasteiger partial charge in [0.05, 0.1) is 6.61 Å². The van der Waals surface area contributed by atoms with Crippen LogP contribution in [0, 0.1) is 5.92 Å². The first-order valence-corrected chi connectivity index (χ1v) is 8.89. The Bertz CT molecular complexity index is 477. The van der Waals surface area contributed by atoms with Gasteiger partial charge in [-0.15, -0.1) is 0 Å². The van der Waals surface area contributed by atoms with Gasteiger partial charge in [0.2, 0.25) is 0 Å². The number of fused-ring (bicyclic) bond motifs is 1. The highest BCUT2D eigenvalue weighted by molar-refractivity contribution is 5.27. The lowest BCUT2D eigenvalue weighted by atomic mass is 9.84. The lowest BCUT2D eigenvalue weighted by Crippen LogP contribution is -2.52. The molecule has 0 bridgehead atoms. The summed E-state index contributed by atoms with van der Waals surface area (Å²) in [6.07, 6.45) is 4.08. The Morgan fingerprint density at radius 2 is 1.91 bits per heavy atom. The Balaban J connectivity index is 1.49. The smallest absolute Gasteiger partial charge is 0.119 e. The van der Waals surface area contributed by atoms with Gasteiger partial charge in [0.1, 0.15) is 12.4 Å². The maximum absolute atomic E-state index is 5.63. The summed E-state index contributed by atoms with van der Waals surface area (Å²) in [5, 5.41) is 0. The minimum Gasteiger partial charge on any atom is -0.491 e. The van der Waals surface area contributed by atoms with Crippen LogP contribution in [0.5, 0.6) is 5.75 Å². The van der Waals surface area contributed by atoms with E-state index >= 15 is 0 Å². The predicted molar refractivity (Wildman–Crippen MR) is 92.8 cm³/mol. The lowest BCUT2D eigenvalue weighted by molar-refractivity contribution is 0.0355. The summed E-state index contributed by atoms with van der Waals surface area (Å²) in [5.74, 6) is 1.79. The van der Waals surface area contributed by atoms with Crippen molar-refractivity contribution in [2.45, 2.75) is 31.8 Å². The van der Waals surface area contributed by atoms with Crippen LogP contribution >= 0.6 is 0 Å². The number of hydrogen-bond acceptors (Lipinski definition) is 4. The van der Waals surface area contributed by atoms with Gasteiger partial charge in [-0.3, -0.25) is 4.90 Å². The Morgan fingerprint density at radius 1 is 1.09 bits per heavy atom. The van der Waals surface area contributed by atoms with Crippen LogP contribution < -0.4 is 4.74 Å². The van der Waals surface area contributed by atoms with Crippen LogP contribution in [0.25, 0.3) is 0 Å². The molecule has 0 aliphatic carbocycles. The zero-order valence-corrected chi connectivity index (χ0v) is 14.5. The standard InChI is InChI=1S/C19H30N2O2/c1-20-10-3-4-17-15-21(11-9-19(17)20)14-16-5-7-18(8-6-16)23-13-12-22-2/h5-8,17,19H,3-4,9-15H2,1-2H3/t17-,19+/m1/s1. The molecule has 2 atom stereocenters. The van der Waals surface area contributed by atoms with Gasteiger partial charge in [-0.1, -0.05) is 12.1 Å². The van der Waals surface area contributed by atoms with Crippen LogP contribution in [0.1, 0.15) is 24.8 Å². The average Bonchev–Trinajstić information content (AvgIpc) is 2.57. The van der Waals surface area contributed by atoms with Crippen molar-refractivity contribution in [3.05, 3.63) is 29.8 Å². The molecule has 2 aliphatic rings. The quantitative estimate of drug-likeness (QED) is 0.753. The molecule has 0 amide bonds. The summed E-state index contributed by atoms with van der Waals surface area (Å²) < 4.78 is 10.6. The number of methoxy groups -OCH3 is 1. The molecular weight excluding hydrogens is 288 g/mol. The summed E-state index contributed by atoms with van der Waals surface area (Å²) in [7, 11) is 3.99. The third-order valence-corrected chi connectivity index (χ3v) is 5.32. The Morgan fingerprint density at radius 3 is 2.70 bits per heavy atom. The van der Waals surface area contributed by atoms with E-state index in [-0.39, 0.29) is 0 Å². The first kappa shape index (κ1) is 16.7. The fourth-order valence-corrected chi connectivity index (χ4v) is 4.06. The second kappa shape index (κ2) is 8.13. The Hall–Kier alpha value is -1.10. The normalized spacial score (nSPS) is 26.0. The topological polar surface area (TPSA) is 24.9 Å². The Kier molecular flexibility index (Phi) is 5.92. The molecule has 0 saturated carbocycles. The van der Waals surface area contributed by atoms with Crippen molar-refractivity contribution in [2.75, 3.05) is 47.0 Å². The molecule has 2 aliphatic heterocycles. The largest absolute Gasteiger partial charge is 0.491 e. The van der Waals surface area contributed by atoms with E-state index in [0.29, 0.717) is 13.2 Å². The van der Waals surface area contributed by atoms with E-state index in [4.69, 9.17) is 9.47 Å². The minimum atomic E-state index is 0.610. The number of likely N-dealkylation sites (tertiary alicyclic amines) is 2. The molecule has 2 saturated heterocycles. The SMILES string of the molecule is COCCOc1ccc(CN2CC[C@H]3[C@H](CCCN3C)C2)cc1. The van der Waals surface area contributed by atoms with Gasteiger partial charge in [-0.05, 0) is 63.0 Å². The average molecular weight is 318 g/mol. The maximum Gasteiger partial charge on any atom is 0.119 e. The third-order valence-electron chi connectivity index (χ3n) is 5.32. The second-order valence-corrected chi connectivity index (χ2v) is 6.96. The van der Waals surface area contributed by atoms with E-state index in [2.05, 4.69) is 41.1 Å². The zero-order valence-electron chi connectivity index (χ0n) is 14.5. The molecule has 1 aromatic carbocycles. The van der Waals surface area contributed by atoms with Crippen molar-refractivity contribution in [2.24, 2.45) is 5.92 Å². The summed E-state index contributed by atoms with van der Waals surface area (Å²) in [4.78, 5) is 5.21. The molecule has 0 radical (unpaired) electrons. The number of nitrogens with zero attached hydrogens (tertiary/aromatic N) is 2. The highest BCUT2D eigenvalue weighted by Gasteiger charge is 2.33. The van der Waals surface area contributed by atoms with Crippen molar-refractivity contribution < 1.29 is 9.47 Å². The Labute approximate surface area is 140 Å². The molecule has 23 heavy (non-hydrogen) atoms. The monoisotopic (exact) mass is 318 g/mol. The summed E-state index contributed by atoms with van der Waals surface area (Å²) in [6, 6.07) is 9.36. The van der Waals surface area contributed by atoms with Gasteiger partial charge in [0, 0.05) is 26.2 Å². The zero-order chi connectivity index (χ0) is 16.1. The molecule has 128 valence electrons. The number of rotatable bonds is 6. The van der Waals surface area contributed by atoms with Gasteiger partial charge < -0.3 is 14.4 Å². The van der Waals surface area contributed by atoms with Crippen molar-refractivity contribution in [3.8, 4) is 5.75 Å². The van der Waals surface area contributed by atoms with E-state index in [1.165, 1.54) is 44.5 Å². The molecule has 4 nitrogen and oxygen atoms in total. The van der Waals surface area contributed by atoms with Crippen molar-refractivity contribution in [1.29, 1.82) is 0 Å². The molecule has 2 fully saturated rings. The van der Waals surface area contributed by atoms with Gasteiger partial charge in [-0.2, -0.15) is 0 Å². The van der Waals surface area contributed by atoms with Gasteiger partial charge in [-0.25, -0.2) is 0 Å². The highest BCUT2D eigenvalue weighted by Crippen LogP contribution is 2.30. The van der Waals surface area contributed by atoms with E-state index in [9.17, 15) is 0 Å². The number of piperidine rings is 2. The van der Waals surface area contributed by atoms with Crippen LogP contribution in [-0.4, -0.2) is 62.8 Å². The maximum atomic E-state index is 5.63. The summed E-state index contributed by atoms with van der Waals surface area (Å²) in [5.41, 5.74) is 1.38. The van der Waals surface area contributed by atoms with Crippen LogP contribution in [-0.2, 0) is 11.3 Å². The fourth-order valence-electron chi connectivity index (χ4n) is 4.06. The molecule has 0 N–H and O–H groups in total. The molecule has 3 rings (SSSR count). The lowest BCUT2D eigenvalue weighted by Gasteiger charge is -2.46. The second-order valence-electron chi connectivity index (χ2n) is 6.96. The molecule has 2 heterocycles. The van der Waals surface area contributed by atoms with Crippen LogP contribution in [0.4, 0.5) is 0 Å². The van der Waals surface area contributed by atoms with Crippen LogP contribution in [0.15, 0.2) is 24.3 Å². The molecule has 0 aromatic heterocycles. The number of hydrogen-bond donors (Lipinski definition) is 0. The summed E-state index contributed by atoms with van der Waals surface area (Å²) >= 11 is 0. The van der Waals surface area contributed by atoms with E-state index in [0.717, 1.165) is 24.3 Å². The van der Waals surface area contributed by atoms with Crippen LogP contribution in [0.2, 0.25) is 0 Å². The van der Waals surface area contributed by atoms with E-state index < -0.39 is 0 Å². The number of benzene rings is 1. The van der Waals surface area contributed by atoms with Gasteiger partial charge in [0.15, 0.2) is 0 Å². The molecular formula is C19H30N2O2. The van der Waals surface area contributed by atoms with Crippen molar-refractivity contribution in [3.63, 3.8) is 0 Å². The van der Waals surface area contributed by atoms with E-state index in [1.54, 1.807) is 7.11 Å². The molecule has 0 unspecified atom stereocenters. The third kappa shape index (κ3) is 4.46. The van der Waals surface area contributed by atoms with Crippen LogP contribution in [0.3, 0.4) is 0 Å². The van der Waals surface area contributed by atoms with Gasteiger partial charge in [0.25, 0.3) is 0 Å². The molecule has 0 spiro atoms. The predicted octanol–water partition coefficient (Wildman–Crippen LogP) is 2.63. The highest BCUT2D eigenvalue weighted by atomic mass is 16.5. The minimum absolute atomic E-state index is 0.610. The van der Waals surface area contributed by atoms with Crippen molar-refractivity contribution >= 4 is 0 Å². The summed E-state index contributed by atoms with van der Waals surface area (Å²) in [6.45, 7) is 6.06.